The lowest BCUT2D eigenvalue weighted by atomic mass is 9.85. The molecule has 0 saturated heterocycles. The summed E-state index contributed by atoms with van der Waals surface area (Å²) >= 11 is 0. The summed E-state index contributed by atoms with van der Waals surface area (Å²) in [5.41, 5.74) is 5.21. The van der Waals surface area contributed by atoms with Gasteiger partial charge in [0.15, 0.2) is 5.65 Å². The van der Waals surface area contributed by atoms with E-state index in [1.54, 1.807) is 10.8 Å². The molecule has 0 atom stereocenters. The van der Waals surface area contributed by atoms with Crippen molar-refractivity contribution in [2.24, 2.45) is 5.41 Å². The number of pyridine rings is 1. The summed E-state index contributed by atoms with van der Waals surface area (Å²) in [5.74, 6) is 0.918. The predicted molar refractivity (Wildman–Crippen MR) is 104 cm³/mol. The molecule has 6 heteroatoms. The molecule has 1 spiro atoms. The molecule has 0 N–H and O–H groups in total. The Morgan fingerprint density at radius 2 is 1.75 bits per heavy atom. The Kier molecular flexibility index (Phi) is 3.27. The molecule has 5 nitrogen and oxygen atoms in total. The van der Waals surface area contributed by atoms with Gasteiger partial charge >= 0.3 is 0 Å². The molecule has 2 aliphatic rings. The molecule has 4 heterocycles. The van der Waals surface area contributed by atoms with Gasteiger partial charge in [-0.2, -0.15) is 5.10 Å². The van der Waals surface area contributed by atoms with Crippen LogP contribution in [0.1, 0.15) is 31.5 Å². The van der Waals surface area contributed by atoms with Crippen molar-refractivity contribution in [3.05, 3.63) is 60.6 Å². The second kappa shape index (κ2) is 5.74. The maximum Gasteiger partial charge on any atom is 0.155 e. The van der Waals surface area contributed by atoms with Gasteiger partial charge in [-0.25, -0.2) is 18.9 Å². The normalized spacial score (nSPS) is 17.6. The summed E-state index contributed by atoms with van der Waals surface area (Å²) < 4.78 is 17.7. The summed E-state index contributed by atoms with van der Waals surface area (Å²) in [5, 5.41) is 4.29. The molecule has 3 aromatic heterocycles. The molecular weight excluding hydrogens is 353 g/mol. The summed E-state index contributed by atoms with van der Waals surface area (Å²) in [6.07, 6.45) is 9.81. The van der Waals surface area contributed by atoms with Gasteiger partial charge in [0, 0.05) is 30.3 Å². The van der Waals surface area contributed by atoms with E-state index in [1.807, 2.05) is 24.4 Å². The lowest BCUT2D eigenvalue weighted by Gasteiger charge is -2.22. The van der Waals surface area contributed by atoms with Crippen molar-refractivity contribution in [2.45, 2.75) is 38.6 Å². The first kappa shape index (κ1) is 16.0. The first-order chi connectivity index (χ1) is 13.7. The molecule has 0 radical (unpaired) electrons. The lowest BCUT2D eigenvalue weighted by molar-refractivity contribution is 0.291. The van der Waals surface area contributed by atoms with Crippen LogP contribution in [0.15, 0.2) is 48.9 Å². The maximum absolute atomic E-state index is 13.5. The van der Waals surface area contributed by atoms with Gasteiger partial charge in [0.05, 0.1) is 11.4 Å². The van der Waals surface area contributed by atoms with E-state index in [1.165, 1.54) is 37.8 Å². The van der Waals surface area contributed by atoms with Crippen molar-refractivity contribution in [1.82, 2.24) is 24.1 Å². The first-order valence-corrected chi connectivity index (χ1v) is 9.86. The quantitative estimate of drug-likeness (QED) is 0.519. The number of benzene rings is 1. The Bertz CT molecular complexity index is 1180. The van der Waals surface area contributed by atoms with Crippen LogP contribution in [-0.2, 0) is 13.0 Å². The SMILES string of the molecule is Fc1ccc(-c2nc3n(c2-c2ccc4ncnn4c2)CC2(CCCC2)C3)cc1. The number of hydrogen-bond acceptors (Lipinski definition) is 3. The van der Waals surface area contributed by atoms with Gasteiger partial charge in [-0.3, -0.25) is 0 Å². The van der Waals surface area contributed by atoms with Crippen LogP contribution in [-0.4, -0.2) is 24.1 Å². The maximum atomic E-state index is 13.5. The van der Waals surface area contributed by atoms with E-state index in [0.29, 0.717) is 5.41 Å². The second-order valence-electron chi connectivity index (χ2n) is 8.18. The third kappa shape index (κ3) is 2.33. The van der Waals surface area contributed by atoms with Crippen LogP contribution in [0.3, 0.4) is 0 Å². The first-order valence-electron chi connectivity index (χ1n) is 9.86. The minimum Gasteiger partial charge on any atom is -0.327 e. The Hall–Kier alpha value is -3.02. The predicted octanol–water partition coefficient (Wildman–Crippen LogP) is 4.52. The van der Waals surface area contributed by atoms with Gasteiger partial charge in [0.1, 0.15) is 18.0 Å². The van der Waals surface area contributed by atoms with E-state index in [2.05, 4.69) is 20.7 Å². The fraction of sp³-hybridized carbons (Fsp3) is 0.318. The average molecular weight is 373 g/mol. The highest BCUT2D eigenvalue weighted by Crippen LogP contribution is 2.49. The smallest absolute Gasteiger partial charge is 0.155 e. The van der Waals surface area contributed by atoms with Crippen LogP contribution >= 0.6 is 0 Å². The molecule has 0 bridgehead atoms. The van der Waals surface area contributed by atoms with Crippen molar-refractivity contribution >= 4 is 5.65 Å². The Balaban J connectivity index is 1.55. The topological polar surface area (TPSA) is 48.0 Å². The van der Waals surface area contributed by atoms with Crippen LogP contribution in [0.4, 0.5) is 4.39 Å². The molecule has 140 valence electrons. The van der Waals surface area contributed by atoms with Crippen LogP contribution < -0.4 is 0 Å². The zero-order chi connectivity index (χ0) is 18.7. The van der Waals surface area contributed by atoms with E-state index in [9.17, 15) is 4.39 Å². The van der Waals surface area contributed by atoms with Gasteiger partial charge in [0.2, 0.25) is 0 Å². The van der Waals surface area contributed by atoms with Crippen LogP contribution in [0.5, 0.6) is 0 Å². The lowest BCUT2D eigenvalue weighted by Crippen LogP contribution is -2.18. The standard InChI is InChI=1S/C22H20FN5/c23-17-6-3-15(4-7-17)20-21(16-5-8-18-24-14-25-28(18)12-16)27-13-22(9-1-2-10-22)11-19(27)26-20/h3-8,12,14H,1-2,9-11,13H2. The number of imidazole rings is 1. The van der Waals surface area contributed by atoms with Crippen LogP contribution in [0.2, 0.25) is 0 Å². The summed E-state index contributed by atoms with van der Waals surface area (Å²) in [6.45, 7) is 1.02. The highest BCUT2D eigenvalue weighted by atomic mass is 19.1. The molecule has 28 heavy (non-hydrogen) atoms. The van der Waals surface area contributed by atoms with Crippen molar-refractivity contribution in [1.29, 1.82) is 0 Å². The molecule has 1 aromatic carbocycles. The molecule has 0 unspecified atom stereocenters. The monoisotopic (exact) mass is 373 g/mol. The number of halogens is 1. The fourth-order valence-electron chi connectivity index (χ4n) is 5.05. The van der Waals surface area contributed by atoms with Crippen LogP contribution in [0.25, 0.3) is 28.2 Å². The molecule has 1 saturated carbocycles. The van der Waals surface area contributed by atoms with E-state index in [0.717, 1.165) is 47.0 Å². The Labute approximate surface area is 161 Å². The molecule has 6 rings (SSSR count). The third-order valence-corrected chi connectivity index (χ3v) is 6.40. The van der Waals surface area contributed by atoms with E-state index in [-0.39, 0.29) is 5.82 Å². The number of fused-ring (bicyclic) bond motifs is 2. The molecule has 0 amide bonds. The number of nitrogens with zero attached hydrogens (tertiary/aromatic N) is 5. The van der Waals surface area contributed by atoms with Gasteiger partial charge < -0.3 is 4.57 Å². The van der Waals surface area contributed by atoms with Gasteiger partial charge in [-0.15, -0.1) is 0 Å². The molecular formula is C22H20FN5. The van der Waals surface area contributed by atoms with Crippen molar-refractivity contribution < 1.29 is 4.39 Å². The minimum absolute atomic E-state index is 0.231. The number of aromatic nitrogens is 5. The zero-order valence-corrected chi connectivity index (χ0v) is 15.5. The van der Waals surface area contributed by atoms with E-state index in [4.69, 9.17) is 4.98 Å². The van der Waals surface area contributed by atoms with Gasteiger partial charge in [-0.05, 0) is 54.7 Å². The molecule has 1 fully saturated rings. The molecule has 1 aliphatic heterocycles. The van der Waals surface area contributed by atoms with Crippen molar-refractivity contribution in [3.8, 4) is 22.5 Å². The summed E-state index contributed by atoms with van der Waals surface area (Å²) in [6, 6.07) is 10.7. The fourth-order valence-corrected chi connectivity index (χ4v) is 5.05. The van der Waals surface area contributed by atoms with Gasteiger partial charge in [0.25, 0.3) is 0 Å². The largest absolute Gasteiger partial charge is 0.327 e. The molecule has 4 aromatic rings. The average Bonchev–Trinajstić information content (AvgIpc) is 3.46. The van der Waals surface area contributed by atoms with E-state index >= 15 is 0 Å². The Morgan fingerprint density at radius 3 is 2.57 bits per heavy atom. The molecule has 1 aliphatic carbocycles. The zero-order valence-electron chi connectivity index (χ0n) is 15.5. The summed E-state index contributed by atoms with van der Waals surface area (Å²) in [4.78, 5) is 9.30. The number of rotatable bonds is 2. The Morgan fingerprint density at radius 1 is 0.964 bits per heavy atom. The van der Waals surface area contributed by atoms with Crippen molar-refractivity contribution in [3.63, 3.8) is 0 Å². The van der Waals surface area contributed by atoms with Crippen molar-refractivity contribution in [2.75, 3.05) is 0 Å². The summed E-state index contributed by atoms with van der Waals surface area (Å²) in [7, 11) is 0. The minimum atomic E-state index is -0.231. The van der Waals surface area contributed by atoms with Gasteiger partial charge in [-0.1, -0.05) is 12.8 Å². The van der Waals surface area contributed by atoms with Crippen LogP contribution in [0, 0.1) is 11.2 Å². The van der Waals surface area contributed by atoms with E-state index < -0.39 is 0 Å². The number of hydrogen-bond donors (Lipinski definition) is 0. The highest BCUT2D eigenvalue weighted by molar-refractivity contribution is 5.79. The third-order valence-electron chi connectivity index (χ3n) is 6.40. The second-order valence-corrected chi connectivity index (χ2v) is 8.18. The highest BCUT2D eigenvalue weighted by Gasteiger charge is 2.42.